The molecule has 122 valence electrons. The molecule has 0 bridgehead atoms. The predicted molar refractivity (Wildman–Crippen MR) is 82.3 cm³/mol. The van der Waals surface area contributed by atoms with Crippen LogP contribution in [0.2, 0.25) is 0 Å². The van der Waals surface area contributed by atoms with Gasteiger partial charge in [-0.15, -0.1) is 0 Å². The smallest absolute Gasteiger partial charge is 0.244 e. The summed E-state index contributed by atoms with van der Waals surface area (Å²) in [4.78, 5) is 15.1. The highest BCUT2D eigenvalue weighted by molar-refractivity contribution is 5.45. The number of nitrogens with zero attached hydrogens (tertiary/aromatic N) is 5. The van der Waals surface area contributed by atoms with E-state index >= 15 is 0 Å². The van der Waals surface area contributed by atoms with E-state index in [1.165, 1.54) is 32.1 Å². The number of β-amino-alcohol motifs (C(OH)–C–C–N with tert-alkyl or cyclic N) is 1. The van der Waals surface area contributed by atoms with Crippen LogP contribution in [0.15, 0.2) is 23.1 Å². The Labute approximate surface area is 134 Å². The molecule has 1 N–H and O–H groups in total. The highest BCUT2D eigenvalue weighted by Gasteiger charge is 2.39. The van der Waals surface area contributed by atoms with Crippen molar-refractivity contribution in [2.24, 2.45) is 0 Å². The quantitative estimate of drug-likeness (QED) is 0.926. The molecule has 1 aliphatic carbocycles. The van der Waals surface area contributed by atoms with Crippen molar-refractivity contribution in [3.8, 4) is 11.5 Å². The van der Waals surface area contributed by atoms with Gasteiger partial charge in [0.05, 0.1) is 18.3 Å². The van der Waals surface area contributed by atoms with E-state index in [1.807, 2.05) is 0 Å². The topological polar surface area (TPSA) is 88.2 Å². The van der Waals surface area contributed by atoms with Crippen molar-refractivity contribution >= 4 is 0 Å². The first kappa shape index (κ1) is 14.7. The van der Waals surface area contributed by atoms with E-state index in [0.29, 0.717) is 36.4 Å². The second-order valence-corrected chi connectivity index (χ2v) is 6.44. The molecular weight excluding hydrogens is 294 g/mol. The lowest BCUT2D eigenvalue weighted by atomic mass is 9.94. The summed E-state index contributed by atoms with van der Waals surface area (Å²) >= 11 is 0. The van der Waals surface area contributed by atoms with Gasteiger partial charge in [-0.05, 0) is 19.3 Å². The molecule has 3 heterocycles. The van der Waals surface area contributed by atoms with Crippen LogP contribution in [0.25, 0.3) is 11.5 Å². The Hall–Kier alpha value is -1.86. The molecule has 2 aromatic heterocycles. The van der Waals surface area contributed by atoms with Gasteiger partial charge in [0.1, 0.15) is 5.69 Å². The average molecular weight is 315 g/mol. The molecule has 23 heavy (non-hydrogen) atoms. The highest BCUT2D eigenvalue weighted by Crippen LogP contribution is 2.37. The van der Waals surface area contributed by atoms with Gasteiger partial charge in [-0.1, -0.05) is 24.4 Å². The first-order valence-corrected chi connectivity index (χ1v) is 8.35. The Morgan fingerprint density at radius 2 is 2.04 bits per heavy atom. The van der Waals surface area contributed by atoms with Crippen LogP contribution in [0.5, 0.6) is 0 Å². The van der Waals surface area contributed by atoms with E-state index < -0.39 is 0 Å². The summed E-state index contributed by atoms with van der Waals surface area (Å²) in [5.41, 5.74) is 0.602. The molecule has 1 aliphatic heterocycles. The minimum atomic E-state index is -0.325. The van der Waals surface area contributed by atoms with Gasteiger partial charge in [-0.25, -0.2) is 4.98 Å². The average Bonchev–Trinajstić information content (AvgIpc) is 3.23. The third-order valence-electron chi connectivity index (χ3n) is 4.88. The number of rotatable bonds is 3. The molecule has 4 rings (SSSR count). The molecule has 7 heteroatoms. The van der Waals surface area contributed by atoms with Crippen LogP contribution in [-0.4, -0.2) is 48.8 Å². The zero-order valence-electron chi connectivity index (χ0n) is 13.0. The SMILES string of the molecule is O[C@@H]1C[C@@H](c2nc(-c3cnccn3)no2)N(C2CCCCC2)C1. The van der Waals surface area contributed by atoms with Crippen LogP contribution in [0.1, 0.15) is 50.5 Å². The summed E-state index contributed by atoms with van der Waals surface area (Å²) in [6, 6.07) is 0.517. The van der Waals surface area contributed by atoms with Gasteiger partial charge in [0.15, 0.2) is 0 Å². The lowest BCUT2D eigenvalue weighted by molar-refractivity contribution is 0.110. The molecule has 0 aromatic carbocycles. The van der Waals surface area contributed by atoms with Crippen molar-refractivity contribution in [1.29, 1.82) is 0 Å². The molecule has 2 fully saturated rings. The van der Waals surface area contributed by atoms with E-state index in [4.69, 9.17) is 4.52 Å². The number of aliphatic hydroxyl groups excluding tert-OH is 1. The maximum absolute atomic E-state index is 10.1. The van der Waals surface area contributed by atoms with Crippen LogP contribution < -0.4 is 0 Å². The number of aromatic nitrogens is 4. The van der Waals surface area contributed by atoms with Gasteiger partial charge in [0, 0.05) is 25.0 Å². The summed E-state index contributed by atoms with van der Waals surface area (Å²) in [6.07, 6.45) is 11.4. The van der Waals surface area contributed by atoms with Crippen molar-refractivity contribution in [1.82, 2.24) is 25.0 Å². The summed E-state index contributed by atoms with van der Waals surface area (Å²) in [6.45, 7) is 0.693. The molecule has 1 saturated carbocycles. The van der Waals surface area contributed by atoms with E-state index in [0.717, 1.165) is 0 Å². The first-order valence-electron chi connectivity index (χ1n) is 8.35. The maximum atomic E-state index is 10.1. The van der Waals surface area contributed by atoms with Crippen molar-refractivity contribution in [3.05, 3.63) is 24.5 Å². The third-order valence-corrected chi connectivity index (χ3v) is 4.88. The van der Waals surface area contributed by atoms with Crippen LogP contribution >= 0.6 is 0 Å². The summed E-state index contributed by atoms with van der Waals surface area (Å²) in [5, 5.41) is 14.2. The lowest BCUT2D eigenvalue weighted by Gasteiger charge is -2.33. The fourth-order valence-corrected chi connectivity index (χ4v) is 3.79. The Kier molecular flexibility index (Phi) is 4.05. The summed E-state index contributed by atoms with van der Waals surface area (Å²) in [7, 11) is 0. The van der Waals surface area contributed by atoms with Crippen LogP contribution in [0, 0.1) is 0 Å². The van der Waals surface area contributed by atoms with Gasteiger partial charge >= 0.3 is 0 Å². The molecule has 0 spiro atoms. The summed E-state index contributed by atoms with van der Waals surface area (Å²) < 4.78 is 5.49. The minimum absolute atomic E-state index is 0.00558. The van der Waals surface area contributed by atoms with Crippen molar-refractivity contribution in [3.63, 3.8) is 0 Å². The number of aliphatic hydroxyl groups is 1. The van der Waals surface area contributed by atoms with Gasteiger partial charge in [0.2, 0.25) is 11.7 Å². The normalized spacial score (nSPS) is 26.7. The third kappa shape index (κ3) is 2.98. The Bertz CT molecular complexity index is 641. The molecule has 0 radical (unpaired) electrons. The molecule has 2 aliphatic rings. The van der Waals surface area contributed by atoms with Gasteiger partial charge in [-0.2, -0.15) is 4.98 Å². The molecule has 1 saturated heterocycles. The molecule has 7 nitrogen and oxygen atoms in total. The molecule has 2 atom stereocenters. The Morgan fingerprint density at radius 1 is 1.17 bits per heavy atom. The van der Waals surface area contributed by atoms with Crippen molar-refractivity contribution < 1.29 is 9.63 Å². The van der Waals surface area contributed by atoms with Crippen molar-refractivity contribution in [2.75, 3.05) is 6.54 Å². The second kappa shape index (κ2) is 6.33. The largest absolute Gasteiger partial charge is 0.392 e. The van der Waals surface area contributed by atoms with Crippen LogP contribution in [0.3, 0.4) is 0 Å². The monoisotopic (exact) mass is 315 g/mol. The second-order valence-electron chi connectivity index (χ2n) is 6.44. The number of hydrogen-bond acceptors (Lipinski definition) is 7. The van der Waals surface area contributed by atoms with E-state index in [2.05, 4.69) is 25.0 Å². The first-order chi connectivity index (χ1) is 11.3. The van der Waals surface area contributed by atoms with E-state index in [1.54, 1.807) is 18.6 Å². The van der Waals surface area contributed by atoms with Gasteiger partial charge in [0.25, 0.3) is 0 Å². The van der Waals surface area contributed by atoms with Gasteiger partial charge < -0.3 is 9.63 Å². The lowest BCUT2D eigenvalue weighted by Crippen LogP contribution is -2.37. The van der Waals surface area contributed by atoms with Crippen LogP contribution in [-0.2, 0) is 0 Å². The highest BCUT2D eigenvalue weighted by atomic mass is 16.5. The molecular formula is C16H21N5O2. The number of hydrogen-bond donors (Lipinski definition) is 1. The zero-order chi connectivity index (χ0) is 15.6. The Morgan fingerprint density at radius 3 is 2.83 bits per heavy atom. The fourth-order valence-electron chi connectivity index (χ4n) is 3.79. The van der Waals surface area contributed by atoms with E-state index in [-0.39, 0.29) is 12.1 Å². The zero-order valence-corrected chi connectivity index (χ0v) is 13.0. The summed E-state index contributed by atoms with van der Waals surface area (Å²) in [5.74, 6) is 1.03. The predicted octanol–water partition coefficient (Wildman–Crippen LogP) is 1.97. The Balaban J connectivity index is 1.57. The van der Waals surface area contributed by atoms with E-state index in [9.17, 15) is 5.11 Å². The fraction of sp³-hybridized carbons (Fsp3) is 0.625. The minimum Gasteiger partial charge on any atom is -0.392 e. The standard InChI is InChI=1S/C16H21N5O2/c22-12-8-14(21(10-12)11-4-2-1-3-5-11)16-19-15(20-23-16)13-9-17-6-7-18-13/h6-7,9,11-12,14,22H,1-5,8,10H2/t12-,14+/m1/s1. The van der Waals surface area contributed by atoms with Gasteiger partial charge in [-0.3, -0.25) is 9.88 Å². The van der Waals surface area contributed by atoms with Crippen LogP contribution in [0.4, 0.5) is 0 Å². The number of likely N-dealkylation sites (tertiary alicyclic amines) is 1. The molecule has 2 aromatic rings. The maximum Gasteiger partial charge on any atom is 0.244 e. The van der Waals surface area contributed by atoms with Crippen molar-refractivity contribution in [2.45, 2.75) is 56.7 Å². The molecule has 0 unspecified atom stereocenters. The molecule has 0 amide bonds.